The van der Waals surface area contributed by atoms with E-state index < -0.39 is 11.6 Å². The monoisotopic (exact) mass is 229 g/mol. The molecule has 2 fully saturated rings. The number of carbonyl (C=O) groups is 1. The highest BCUT2D eigenvalue weighted by atomic mass is 19.1. The predicted octanol–water partition coefficient (Wildman–Crippen LogP) is 1.76. The molecule has 0 bridgehead atoms. The predicted molar refractivity (Wildman–Crippen MR) is 58.8 cm³/mol. The van der Waals surface area contributed by atoms with Crippen molar-refractivity contribution in [2.75, 3.05) is 20.2 Å². The molecule has 3 atom stereocenters. The quantitative estimate of drug-likeness (QED) is 0.676. The minimum absolute atomic E-state index is 0.179. The second kappa shape index (κ2) is 4.32. The Balaban J connectivity index is 2.23. The van der Waals surface area contributed by atoms with Crippen LogP contribution < -0.4 is 0 Å². The number of esters is 1. The Bertz CT molecular complexity index is 284. The van der Waals surface area contributed by atoms with Gasteiger partial charge in [-0.2, -0.15) is 0 Å². The average Bonchev–Trinajstić information content (AvgIpc) is 2.63. The van der Waals surface area contributed by atoms with Gasteiger partial charge >= 0.3 is 5.97 Å². The summed E-state index contributed by atoms with van der Waals surface area (Å²) in [5.41, 5.74) is -0.567. The zero-order valence-corrected chi connectivity index (χ0v) is 10.0. The molecule has 1 saturated carbocycles. The molecule has 0 aromatic carbocycles. The number of hydrogen-bond donors (Lipinski definition) is 0. The van der Waals surface area contributed by atoms with E-state index in [0.717, 1.165) is 19.3 Å². The van der Waals surface area contributed by atoms with Gasteiger partial charge in [-0.15, -0.1) is 0 Å². The lowest BCUT2D eigenvalue weighted by Gasteiger charge is -2.44. The van der Waals surface area contributed by atoms with Crippen LogP contribution >= 0.6 is 0 Å². The maximum Gasteiger partial charge on any atom is 0.313 e. The number of carbonyl (C=O) groups excluding carboxylic acids is 1. The Morgan fingerprint density at radius 1 is 1.62 bits per heavy atom. The number of nitrogens with zero attached hydrogens (tertiary/aromatic N) is 1. The average molecular weight is 229 g/mol. The van der Waals surface area contributed by atoms with Crippen LogP contribution in [0.5, 0.6) is 0 Å². The van der Waals surface area contributed by atoms with Gasteiger partial charge in [-0.25, -0.2) is 4.39 Å². The van der Waals surface area contributed by atoms with Crippen LogP contribution in [0.25, 0.3) is 0 Å². The van der Waals surface area contributed by atoms with Gasteiger partial charge in [0.1, 0.15) is 6.17 Å². The molecule has 1 heterocycles. The Morgan fingerprint density at radius 2 is 2.38 bits per heavy atom. The molecule has 3 nitrogen and oxygen atoms in total. The third kappa shape index (κ3) is 1.73. The zero-order valence-electron chi connectivity index (χ0n) is 10.0. The van der Waals surface area contributed by atoms with Gasteiger partial charge in [0.2, 0.25) is 0 Å². The van der Waals surface area contributed by atoms with Crippen molar-refractivity contribution in [1.82, 2.24) is 4.90 Å². The Hall–Kier alpha value is -0.640. The molecule has 0 N–H and O–H groups in total. The van der Waals surface area contributed by atoms with E-state index in [9.17, 15) is 9.18 Å². The lowest BCUT2D eigenvalue weighted by Crippen LogP contribution is -2.55. The van der Waals surface area contributed by atoms with Crippen molar-refractivity contribution >= 4 is 5.97 Å². The van der Waals surface area contributed by atoms with Crippen LogP contribution in [-0.2, 0) is 9.53 Å². The van der Waals surface area contributed by atoms with Crippen LogP contribution in [0.2, 0.25) is 0 Å². The Kier molecular flexibility index (Phi) is 3.19. The van der Waals surface area contributed by atoms with Crippen LogP contribution in [0.1, 0.15) is 32.6 Å². The summed E-state index contributed by atoms with van der Waals surface area (Å²) in [6, 6.07) is 0.179. The second-order valence-corrected chi connectivity index (χ2v) is 5.03. The van der Waals surface area contributed by atoms with Gasteiger partial charge in [0, 0.05) is 12.6 Å². The fraction of sp³-hybridized carbons (Fsp3) is 0.917. The molecule has 1 saturated heterocycles. The molecular weight excluding hydrogens is 209 g/mol. The smallest absolute Gasteiger partial charge is 0.313 e. The standard InChI is InChI=1S/C12H20FNO2/c1-3-16-11(15)12-6-4-5-10(12)14(2)8-9(13)7-12/h9-10H,3-8H2,1-2H3/t9-,10-,12+/m1/s1. The fourth-order valence-corrected chi connectivity index (χ4v) is 3.43. The molecule has 16 heavy (non-hydrogen) atoms. The van der Waals surface area contributed by atoms with Crippen LogP contribution in [0.3, 0.4) is 0 Å². The lowest BCUT2D eigenvalue weighted by atomic mass is 9.74. The topological polar surface area (TPSA) is 29.5 Å². The number of ether oxygens (including phenoxy) is 1. The normalized spacial score (nSPS) is 39.4. The molecule has 0 spiro atoms. The highest BCUT2D eigenvalue weighted by Crippen LogP contribution is 2.48. The summed E-state index contributed by atoms with van der Waals surface area (Å²) in [4.78, 5) is 14.1. The van der Waals surface area contributed by atoms with Crippen molar-refractivity contribution < 1.29 is 13.9 Å². The van der Waals surface area contributed by atoms with E-state index in [2.05, 4.69) is 0 Å². The van der Waals surface area contributed by atoms with Crippen LogP contribution in [0.15, 0.2) is 0 Å². The van der Waals surface area contributed by atoms with Gasteiger partial charge in [0.15, 0.2) is 0 Å². The van der Waals surface area contributed by atoms with Crippen molar-refractivity contribution in [3.63, 3.8) is 0 Å². The number of alkyl halides is 1. The molecule has 0 aromatic rings. The van der Waals surface area contributed by atoms with Crippen molar-refractivity contribution in [1.29, 1.82) is 0 Å². The summed E-state index contributed by atoms with van der Waals surface area (Å²) >= 11 is 0. The molecule has 1 aliphatic heterocycles. The van der Waals surface area contributed by atoms with Crippen molar-refractivity contribution in [2.45, 2.75) is 44.8 Å². The molecule has 0 amide bonds. The van der Waals surface area contributed by atoms with Crippen LogP contribution in [0, 0.1) is 5.41 Å². The molecule has 92 valence electrons. The fourth-order valence-electron chi connectivity index (χ4n) is 3.43. The third-order valence-corrected chi connectivity index (χ3v) is 4.02. The number of halogens is 1. The molecule has 0 radical (unpaired) electrons. The lowest BCUT2D eigenvalue weighted by molar-refractivity contribution is -0.163. The van der Waals surface area contributed by atoms with Crippen molar-refractivity contribution in [2.24, 2.45) is 5.41 Å². The van der Waals surface area contributed by atoms with Gasteiger partial charge in [0.05, 0.1) is 12.0 Å². The highest BCUT2D eigenvalue weighted by molar-refractivity contribution is 5.78. The van der Waals surface area contributed by atoms with Crippen molar-refractivity contribution in [3.05, 3.63) is 0 Å². The van der Waals surface area contributed by atoms with Gasteiger partial charge in [-0.3, -0.25) is 9.69 Å². The van der Waals surface area contributed by atoms with Crippen LogP contribution in [0.4, 0.5) is 4.39 Å². The van der Waals surface area contributed by atoms with E-state index in [1.807, 2.05) is 11.9 Å². The summed E-state index contributed by atoms with van der Waals surface area (Å²) in [7, 11) is 1.91. The molecule has 0 aromatic heterocycles. The van der Waals surface area contributed by atoms with Gasteiger partial charge in [-0.05, 0) is 33.2 Å². The summed E-state index contributed by atoms with van der Waals surface area (Å²) in [5.74, 6) is -0.188. The van der Waals surface area contributed by atoms with Crippen LogP contribution in [-0.4, -0.2) is 43.3 Å². The van der Waals surface area contributed by atoms with E-state index >= 15 is 0 Å². The maximum atomic E-state index is 13.7. The Labute approximate surface area is 95.9 Å². The zero-order chi connectivity index (χ0) is 11.8. The first-order valence-electron chi connectivity index (χ1n) is 6.11. The van der Waals surface area contributed by atoms with E-state index in [-0.39, 0.29) is 12.0 Å². The number of likely N-dealkylation sites (tertiary alicyclic amines) is 1. The van der Waals surface area contributed by atoms with E-state index in [4.69, 9.17) is 4.74 Å². The minimum atomic E-state index is -0.899. The highest BCUT2D eigenvalue weighted by Gasteiger charge is 2.55. The van der Waals surface area contributed by atoms with Gasteiger partial charge < -0.3 is 4.74 Å². The largest absolute Gasteiger partial charge is 0.466 e. The first-order valence-corrected chi connectivity index (χ1v) is 6.11. The first kappa shape index (κ1) is 11.8. The number of piperidine rings is 1. The number of fused-ring (bicyclic) bond motifs is 1. The molecular formula is C12H20FNO2. The molecule has 4 heteroatoms. The minimum Gasteiger partial charge on any atom is -0.466 e. The number of hydrogen-bond acceptors (Lipinski definition) is 3. The van der Waals surface area contributed by atoms with Crippen molar-refractivity contribution in [3.8, 4) is 0 Å². The summed E-state index contributed by atoms with van der Waals surface area (Å²) in [6.07, 6.45) is 2.22. The summed E-state index contributed by atoms with van der Waals surface area (Å²) in [6.45, 7) is 2.64. The summed E-state index contributed by atoms with van der Waals surface area (Å²) < 4.78 is 18.8. The molecule has 2 aliphatic rings. The van der Waals surface area contributed by atoms with Gasteiger partial charge in [-0.1, -0.05) is 6.42 Å². The van der Waals surface area contributed by atoms with E-state index in [0.29, 0.717) is 19.6 Å². The summed E-state index contributed by atoms with van der Waals surface area (Å²) in [5, 5.41) is 0. The maximum absolute atomic E-state index is 13.7. The second-order valence-electron chi connectivity index (χ2n) is 5.03. The van der Waals surface area contributed by atoms with Gasteiger partial charge in [0.25, 0.3) is 0 Å². The first-order chi connectivity index (χ1) is 7.60. The SMILES string of the molecule is CCOC(=O)[C@]12CCC[C@H]1N(C)C[C@H](F)C2. The Morgan fingerprint density at radius 3 is 3.06 bits per heavy atom. The van der Waals surface area contributed by atoms with E-state index in [1.54, 1.807) is 6.92 Å². The molecule has 1 aliphatic carbocycles. The molecule has 2 rings (SSSR count). The van der Waals surface area contributed by atoms with E-state index in [1.165, 1.54) is 0 Å². The third-order valence-electron chi connectivity index (χ3n) is 4.02. The molecule has 0 unspecified atom stereocenters. The number of rotatable bonds is 2.